The maximum Gasteiger partial charge on any atom is 0.251 e. The zero-order valence-electron chi connectivity index (χ0n) is 13.7. The van der Waals surface area contributed by atoms with Crippen molar-refractivity contribution in [2.45, 2.75) is 42.1 Å². The summed E-state index contributed by atoms with van der Waals surface area (Å²) in [5, 5.41) is 4.48. The lowest BCUT2D eigenvalue weighted by Gasteiger charge is -2.28. The van der Waals surface area contributed by atoms with Gasteiger partial charge in [0.1, 0.15) is 0 Å². The molecule has 0 saturated heterocycles. The molecule has 2 aromatic rings. The van der Waals surface area contributed by atoms with E-state index < -0.39 is 0 Å². The molecule has 1 aliphatic heterocycles. The Balaban J connectivity index is 1.29. The molecule has 0 bridgehead atoms. The molecule has 1 N–H and O–H groups in total. The van der Waals surface area contributed by atoms with E-state index in [1.807, 2.05) is 6.07 Å². The van der Waals surface area contributed by atoms with Gasteiger partial charge in [0.2, 0.25) is 6.79 Å². The van der Waals surface area contributed by atoms with Crippen LogP contribution in [0.4, 0.5) is 0 Å². The second kappa shape index (κ2) is 7.31. The predicted octanol–water partition coefficient (Wildman–Crippen LogP) is 3.04. The van der Waals surface area contributed by atoms with Gasteiger partial charge in [-0.15, -0.1) is 0 Å². The van der Waals surface area contributed by atoms with Gasteiger partial charge >= 0.3 is 0 Å². The van der Waals surface area contributed by atoms with E-state index in [1.54, 1.807) is 42.4 Å². The fourth-order valence-corrected chi connectivity index (χ4v) is 4.18. The summed E-state index contributed by atoms with van der Waals surface area (Å²) in [6.45, 7) is 0.215. The monoisotopic (exact) mass is 357 g/mol. The number of carbonyl (C=O) groups is 1. The van der Waals surface area contributed by atoms with E-state index in [-0.39, 0.29) is 18.7 Å². The zero-order chi connectivity index (χ0) is 17.1. The van der Waals surface area contributed by atoms with Gasteiger partial charge in [-0.25, -0.2) is 9.97 Å². The third kappa shape index (κ3) is 3.87. The smallest absolute Gasteiger partial charge is 0.251 e. The van der Waals surface area contributed by atoms with Gasteiger partial charge in [-0.1, -0.05) is 11.8 Å². The Morgan fingerprint density at radius 3 is 2.64 bits per heavy atom. The van der Waals surface area contributed by atoms with Crippen molar-refractivity contribution in [2.75, 3.05) is 6.79 Å². The molecule has 7 heteroatoms. The van der Waals surface area contributed by atoms with Gasteiger partial charge in [-0.3, -0.25) is 4.79 Å². The molecule has 1 aromatic heterocycles. The summed E-state index contributed by atoms with van der Waals surface area (Å²) in [5.74, 6) is 1.27. The van der Waals surface area contributed by atoms with Crippen LogP contribution in [-0.4, -0.2) is 34.0 Å². The van der Waals surface area contributed by atoms with Crippen LogP contribution >= 0.6 is 11.8 Å². The van der Waals surface area contributed by atoms with Crippen molar-refractivity contribution in [3.05, 3.63) is 42.2 Å². The van der Waals surface area contributed by atoms with Gasteiger partial charge in [0.15, 0.2) is 16.7 Å². The van der Waals surface area contributed by atoms with Crippen molar-refractivity contribution < 1.29 is 14.3 Å². The third-order valence-electron chi connectivity index (χ3n) is 4.46. The van der Waals surface area contributed by atoms with Crippen LogP contribution in [0.3, 0.4) is 0 Å². The average molecular weight is 357 g/mol. The molecule has 0 unspecified atom stereocenters. The minimum absolute atomic E-state index is 0.0548. The number of nitrogens with zero attached hydrogens (tertiary/aromatic N) is 2. The average Bonchev–Trinajstić information content (AvgIpc) is 3.12. The second-order valence-corrected chi connectivity index (χ2v) is 7.43. The number of thioether (sulfide) groups is 1. The Kier molecular flexibility index (Phi) is 4.74. The first-order valence-corrected chi connectivity index (χ1v) is 9.30. The van der Waals surface area contributed by atoms with E-state index >= 15 is 0 Å². The number of benzene rings is 1. The number of hydrogen-bond acceptors (Lipinski definition) is 6. The highest BCUT2D eigenvalue weighted by Crippen LogP contribution is 2.33. The lowest BCUT2D eigenvalue weighted by molar-refractivity contribution is 0.0927. The first-order valence-electron chi connectivity index (χ1n) is 8.42. The van der Waals surface area contributed by atoms with Gasteiger partial charge in [0.05, 0.1) is 0 Å². The molecule has 1 aliphatic carbocycles. The first-order chi connectivity index (χ1) is 12.3. The minimum atomic E-state index is -0.0548. The number of aromatic nitrogens is 2. The van der Waals surface area contributed by atoms with Gasteiger partial charge < -0.3 is 14.8 Å². The van der Waals surface area contributed by atoms with Gasteiger partial charge in [-0.2, -0.15) is 0 Å². The summed E-state index contributed by atoms with van der Waals surface area (Å²) in [7, 11) is 0. The maximum absolute atomic E-state index is 12.5. The van der Waals surface area contributed by atoms with Crippen LogP contribution in [-0.2, 0) is 0 Å². The van der Waals surface area contributed by atoms with E-state index in [9.17, 15) is 4.79 Å². The Morgan fingerprint density at radius 2 is 1.84 bits per heavy atom. The fraction of sp³-hybridized carbons (Fsp3) is 0.389. The number of nitrogens with one attached hydrogen (secondary N) is 1. The highest BCUT2D eigenvalue weighted by atomic mass is 32.2. The summed E-state index contributed by atoms with van der Waals surface area (Å²) in [6, 6.07) is 7.34. The molecule has 25 heavy (non-hydrogen) atoms. The van der Waals surface area contributed by atoms with Crippen LogP contribution in [0, 0.1) is 0 Å². The van der Waals surface area contributed by atoms with Crippen LogP contribution < -0.4 is 14.8 Å². The number of amides is 1. The van der Waals surface area contributed by atoms with Crippen molar-refractivity contribution in [3.63, 3.8) is 0 Å². The summed E-state index contributed by atoms with van der Waals surface area (Å²) in [6.07, 6.45) is 7.59. The molecule has 6 nitrogen and oxygen atoms in total. The normalized spacial score (nSPS) is 21.8. The topological polar surface area (TPSA) is 73.3 Å². The minimum Gasteiger partial charge on any atom is -0.454 e. The Morgan fingerprint density at radius 1 is 1.08 bits per heavy atom. The third-order valence-corrected chi connectivity index (χ3v) is 5.68. The van der Waals surface area contributed by atoms with E-state index in [1.165, 1.54) is 0 Å². The molecule has 2 heterocycles. The highest BCUT2D eigenvalue weighted by molar-refractivity contribution is 7.99. The van der Waals surface area contributed by atoms with Gasteiger partial charge in [0.25, 0.3) is 5.91 Å². The maximum atomic E-state index is 12.5. The zero-order valence-corrected chi connectivity index (χ0v) is 14.5. The molecular weight excluding hydrogens is 338 g/mol. The molecule has 1 saturated carbocycles. The fourth-order valence-electron chi connectivity index (χ4n) is 3.13. The first kappa shape index (κ1) is 16.2. The van der Waals surface area contributed by atoms with Gasteiger partial charge in [-0.05, 0) is 49.9 Å². The molecule has 1 aromatic carbocycles. The van der Waals surface area contributed by atoms with E-state index in [4.69, 9.17) is 9.47 Å². The van der Waals surface area contributed by atoms with E-state index in [0.717, 1.165) is 30.8 Å². The summed E-state index contributed by atoms with van der Waals surface area (Å²) in [5.41, 5.74) is 0.610. The van der Waals surface area contributed by atoms with E-state index in [2.05, 4.69) is 15.3 Å². The van der Waals surface area contributed by atoms with Crippen molar-refractivity contribution in [2.24, 2.45) is 0 Å². The predicted molar refractivity (Wildman–Crippen MR) is 94.0 cm³/mol. The molecule has 2 aliphatic rings. The van der Waals surface area contributed by atoms with Crippen LogP contribution in [0.15, 0.2) is 41.8 Å². The molecule has 4 rings (SSSR count). The molecule has 130 valence electrons. The van der Waals surface area contributed by atoms with Crippen LogP contribution in [0.25, 0.3) is 0 Å². The number of rotatable bonds is 4. The highest BCUT2D eigenvalue weighted by Gasteiger charge is 2.24. The van der Waals surface area contributed by atoms with Crippen LogP contribution in [0.2, 0.25) is 0 Å². The molecule has 0 radical (unpaired) electrons. The van der Waals surface area contributed by atoms with Crippen molar-refractivity contribution in [1.82, 2.24) is 15.3 Å². The Hall–Kier alpha value is -2.28. The SMILES string of the molecule is O=C(NC1CCC(Sc2ncccn2)CC1)c1ccc2c(c1)OCO2. The molecule has 1 fully saturated rings. The molecular formula is C18H19N3O3S. The van der Waals surface area contributed by atoms with Crippen LogP contribution in [0.5, 0.6) is 11.5 Å². The molecule has 0 spiro atoms. The quantitative estimate of drug-likeness (QED) is 0.848. The lowest BCUT2D eigenvalue weighted by atomic mass is 9.94. The Labute approximate surface area is 150 Å². The Bertz CT molecular complexity index is 748. The number of carbonyl (C=O) groups excluding carboxylic acids is 1. The van der Waals surface area contributed by atoms with Crippen molar-refractivity contribution in [1.29, 1.82) is 0 Å². The number of ether oxygens (including phenoxy) is 2. The summed E-state index contributed by atoms with van der Waals surface area (Å²) in [4.78, 5) is 21.0. The lowest BCUT2D eigenvalue weighted by Crippen LogP contribution is -2.38. The second-order valence-electron chi connectivity index (χ2n) is 6.16. The van der Waals surface area contributed by atoms with Crippen molar-refractivity contribution >= 4 is 17.7 Å². The van der Waals surface area contributed by atoms with Crippen molar-refractivity contribution in [3.8, 4) is 11.5 Å². The summed E-state index contributed by atoms with van der Waals surface area (Å²) >= 11 is 1.73. The van der Waals surface area contributed by atoms with E-state index in [0.29, 0.717) is 22.3 Å². The largest absolute Gasteiger partial charge is 0.454 e. The molecule has 0 atom stereocenters. The van der Waals surface area contributed by atoms with Gasteiger partial charge in [0, 0.05) is 29.2 Å². The number of hydrogen-bond donors (Lipinski definition) is 1. The summed E-state index contributed by atoms with van der Waals surface area (Å²) < 4.78 is 10.6. The van der Waals surface area contributed by atoms with Crippen LogP contribution in [0.1, 0.15) is 36.0 Å². The number of fused-ring (bicyclic) bond motifs is 1. The molecule has 1 amide bonds. The standard InChI is InChI=1S/C18H19N3O3S/c22-17(12-2-7-15-16(10-12)24-11-23-15)21-13-3-5-14(6-4-13)25-18-19-8-1-9-20-18/h1-2,7-10,13-14H,3-6,11H2,(H,21,22).